The van der Waals surface area contributed by atoms with Gasteiger partial charge in [-0.05, 0) is 19.5 Å². The van der Waals surface area contributed by atoms with Gasteiger partial charge in [0.1, 0.15) is 5.72 Å². The Hall–Kier alpha value is -0.340. The van der Waals surface area contributed by atoms with E-state index in [9.17, 15) is 0 Å². The molecule has 0 saturated heterocycles. The lowest BCUT2D eigenvalue weighted by Gasteiger charge is -2.18. The Morgan fingerprint density at radius 3 is 2.50 bits per heavy atom. The SMILES string of the molecule is C=CC(C)(O)NCC. The quantitative estimate of drug-likeness (QED) is 0.414. The summed E-state index contributed by atoms with van der Waals surface area (Å²) in [6, 6.07) is 0. The minimum absolute atomic E-state index is 0.749. The molecule has 0 bridgehead atoms. The smallest absolute Gasteiger partial charge is 0.132 e. The fraction of sp³-hybridized carbons (Fsp3) is 0.667. The van der Waals surface area contributed by atoms with E-state index < -0.39 is 5.72 Å². The molecule has 0 aromatic rings. The van der Waals surface area contributed by atoms with Crippen molar-refractivity contribution in [1.29, 1.82) is 0 Å². The summed E-state index contributed by atoms with van der Waals surface area (Å²) in [5.41, 5.74) is -0.894. The van der Waals surface area contributed by atoms with Gasteiger partial charge in [-0.1, -0.05) is 13.5 Å². The van der Waals surface area contributed by atoms with Gasteiger partial charge in [0, 0.05) is 0 Å². The van der Waals surface area contributed by atoms with Gasteiger partial charge in [-0.25, -0.2) is 0 Å². The molecule has 0 heterocycles. The number of rotatable bonds is 3. The molecule has 0 spiro atoms. The third kappa shape index (κ3) is 2.77. The highest BCUT2D eigenvalue weighted by molar-refractivity contribution is 4.88. The third-order valence-corrected chi connectivity index (χ3v) is 0.932. The average molecular weight is 115 g/mol. The van der Waals surface area contributed by atoms with Crippen LogP contribution >= 0.6 is 0 Å². The lowest BCUT2D eigenvalue weighted by molar-refractivity contribution is 0.0766. The van der Waals surface area contributed by atoms with Gasteiger partial charge in [0.15, 0.2) is 0 Å². The lowest BCUT2D eigenvalue weighted by Crippen LogP contribution is -2.39. The molecular formula is C6H13NO. The van der Waals surface area contributed by atoms with E-state index in [0.717, 1.165) is 6.54 Å². The van der Waals surface area contributed by atoms with Crippen molar-refractivity contribution in [1.82, 2.24) is 5.32 Å². The molecule has 0 aromatic heterocycles. The van der Waals surface area contributed by atoms with Crippen molar-refractivity contribution < 1.29 is 5.11 Å². The fourth-order valence-corrected chi connectivity index (χ4v) is 0.430. The molecular weight excluding hydrogens is 102 g/mol. The Balaban J connectivity index is 3.53. The largest absolute Gasteiger partial charge is 0.373 e. The maximum absolute atomic E-state index is 9.09. The highest BCUT2D eigenvalue weighted by Gasteiger charge is 2.10. The molecule has 0 rings (SSSR count). The Kier molecular flexibility index (Phi) is 2.72. The van der Waals surface area contributed by atoms with E-state index in [4.69, 9.17) is 5.11 Å². The lowest BCUT2D eigenvalue weighted by atomic mass is 10.3. The standard InChI is InChI=1S/C6H13NO/c1-4-6(3,8)7-5-2/h4,7-8H,1,5H2,2-3H3. The summed E-state index contributed by atoms with van der Waals surface area (Å²) in [6.07, 6.45) is 1.47. The summed E-state index contributed by atoms with van der Waals surface area (Å²) in [7, 11) is 0. The van der Waals surface area contributed by atoms with Gasteiger partial charge < -0.3 is 5.11 Å². The zero-order chi connectivity index (χ0) is 6.62. The normalized spacial score (nSPS) is 17.4. The first-order chi connectivity index (χ1) is 3.62. The topological polar surface area (TPSA) is 32.3 Å². The summed E-state index contributed by atoms with van der Waals surface area (Å²) in [4.78, 5) is 0. The van der Waals surface area contributed by atoms with Gasteiger partial charge in [0.25, 0.3) is 0 Å². The number of nitrogens with one attached hydrogen (secondary N) is 1. The Morgan fingerprint density at radius 1 is 1.88 bits per heavy atom. The van der Waals surface area contributed by atoms with Crippen molar-refractivity contribution in [2.45, 2.75) is 19.6 Å². The Labute approximate surface area is 50.2 Å². The van der Waals surface area contributed by atoms with Crippen LogP contribution < -0.4 is 5.32 Å². The van der Waals surface area contributed by atoms with Crippen LogP contribution in [-0.4, -0.2) is 17.4 Å². The van der Waals surface area contributed by atoms with Crippen molar-refractivity contribution in [3.8, 4) is 0 Å². The molecule has 0 aliphatic heterocycles. The predicted octanol–water partition coefficient (Wildman–Crippen LogP) is 0.490. The molecule has 0 fully saturated rings. The highest BCUT2D eigenvalue weighted by Crippen LogP contribution is 1.95. The van der Waals surface area contributed by atoms with Gasteiger partial charge in [-0.2, -0.15) is 0 Å². The number of hydrogen-bond acceptors (Lipinski definition) is 2. The fourth-order valence-electron chi connectivity index (χ4n) is 0.430. The highest BCUT2D eigenvalue weighted by atomic mass is 16.3. The summed E-state index contributed by atoms with van der Waals surface area (Å²) < 4.78 is 0. The van der Waals surface area contributed by atoms with Crippen molar-refractivity contribution in [2.75, 3.05) is 6.54 Å². The minimum Gasteiger partial charge on any atom is -0.373 e. The number of likely N-dealkylation sites (N-methyl/N-ethyl adjacent to an activating group) is 1. The van der Waals surface area contributed by atoms with Crippen LogP contribution in [0.25, 0.3) is 0 Å². The van der Waals surface area contributed by atoms with E-state index in [1.165, 1.54) is 6.08 Å². The molecule has 2 heteroatoms. The molecule has 2 nitrogen and oxygen atoms in total. The molecule has 0 aromatic carbocycles. The van der Waals surface area contributed by atoms with Gasteiger partial charge in [0.2, 0.25) is 0 Å². The van der Waals surface area contributed by atoms with Crippen LogP contribution in [-0.2, 0) is 0 Å². The van der Waals surface area contributed by atoms with Crippen LogP contribution in [0.4, 0.5) is 0 Å². The van der Waals surface area contributed by atoms with Crippen molar-refractivity contribution in [2.24, 2.45) is 0 Å². The predicted molar refractivity (Wildman–Crippen MR) is 34.5 cm³/mol. The van der Waals surface area contributed by atoms with Gasteiger partial charge in [-0.3, -0.25) is 5.32 Å². The van der Waals surface area contributed by atoms with Gasteiger partial charge in [0.05, 0.1) is 0 Å². The summed E-state index contributed by atoms with van der Waals surface area (Å²) in [5, 5.41) is 11.9. The monoisotopic (exact) mass is 115 g/mol. The maximum atomic E-state index is 9.09. The van der Waals surface area contributed by atoms with Crippen molar-refractivity contribution >= 4 is 0 Å². The zero-order valence-electron chi connectivity index (χ0n) is 5.44. The van der Waals surface area contributed by atoms with E-state index in [1.807, 2.05) is 6.92 Å². The van der Waals surface area contributed by atoms with E-state index in [2.05, 4.69) is 11.9 Å². The van der Waals surface area contributed by atoms with Crippen LogP contribution in [0, 0.1) is 0 Å². The maximum Gasteiger partial charge on any atom is 0.132 e. The molecule has 8 heavy (non-hydrogen) atoms. The molecule has 2 N–H and O–H groups in total. The molecule has 0 saturated carbocycles. The molecule has 1 atom stereocenters. The number of aliphatic hydroxyl groups is 1. The Bertz CT molecular complexity index is 78.6. The zero-order valence-corrected chi connectivity index (χ0v) is 5.44. The minimum atomic E-state index is -0.894. The average Bonchev–Trinajstić information content (AvgIpc) is 1.67. The summed E-state index contributed by atoms with van der Waals surface area (Å²) in [6.45, 7) is 7.77. The molecule has 0 aliphatic carbocycles. The van der Waals surface area contributed by atoms with Gasteiger partial charge in [-0.15, -0.1) is 0 Å². The van der Waals surface area contributed by atoms with Crippen molar-refractivity contribution in [3.63, 3.8) is 0 Å². The summed E-state index contributed by atoms with van der Waals surface area (Å²) in [5.74, 6) is 0. The van der Waals surface area contributed by atoms with Crippen LogP contribution in [0.3, 0.4) is 0 Å². The van der Waals surface area contributed by atoms with E-state index in [-0.39, 0.29) is 0 Å². The second-order valence-electron chi connectivity index (χ2n) is 1.88. The van der Waals surface area contributed by atoms with Crippen LogP contribution in [0.5, 0.6) is 0 Å². The first-order valence-corrected chi connectivity index (χ1v) is 2.73. The molecule has 0 aliphatic rings. The van der Waals surface area contributed by atoms with E-state index in [0.29, 0.717) is 0 Å². The van der Waals surface area contributed by atoms with Gasteiger partial charge >= 0.3 is 0 Å². The van der Waals surface area contributed by atoms with Crippen LogP contribution in [0.15, 0.2) is 12.7 Å². The second kappa shape index (κ2) is 2.84. The Morgan fingerprint density at radius 2 is 2.38 bits per heavy atom. The number of hydrogen-bond donors (Lipinski definition) is 2. The first-order valence-electron chi connectivity index (χ1n) is 2.73. The third-order valence-electron chi connectivity index (χ3n) is 0.932. The van der Waals surface area contributed by atoms with Crippen LogP contribution in [0.2, 0.25) is 0 Å². The van der Waals surface area contributed by atoms with Crippen molar-refractivity contribution in [3.05, 3.63) is 12.7 Å². The second-order valence-corrected chi connectivity index (χ2v) is 1.88. The first kappa shape index (κ1) is 7.66. The molecule has 0 amide bonds. The van der Waals surface area contributed by atoms with E-state index in [1.54, 1.807) is 6.92 Å². The molecule has 0 radical (unpaired) electrons. The summed E-state index contributed by atoms with van der Waals surface area (Å²) >= 11 is 0. The van der Waals surface area contributed by atoms with E-state index >= 15 is 0 Å². The molecule has 1 unspecified atom stereocenters. The van der Waals surface area contributed by atoms with Crippen LogP contribution in [0.1, 0.15) is 13.8 Å². The molecule has 48 valence electrons.